The third-order valence-electron chi connectivity index (χ3n) is 5.86. The molecule has 3 aromatic rings. The number of aryl methyl sites for hydroxylation is 1. The molecule has 1 amide bonds. The molecular weight excluding hydrogens is 419 g/mol. The average molecular weight is 442 g/mol. The number of aromatic nitrogens is 1. The molecule has 0 aliphatic carbocycles. The van der Waals surface area contributed by atoms with Gasteiger partial charge in [-0.15, -0.1) is 0 Å². The number of carbonyl (C=O) groups is 1. The first-order valence-electron chi connectivity index (χ1n) is 10.3. The number of hydrogen-bond acceptors (Lipinski definition) is 6. The van der Waals surface area contributed by atoms with Gasteiger partial charge < -0.3 is 9.73 Å². The third-order valence-corrected chi connectivity index (χ3v) is 5.86. The number of fused-ring (bicyclic) bond motifs is 1. The number of amides is 1. The number of nitrogens with zero attached hydrogens (tertiary/aromatic N) is 3. The second-order valence-corrected chi connectivity index (χ2v) is 8.04. The van der Waals surface area contributed by atoms with E-state index in [0.29, 0.717) is 48.2 Å². The van der Waals surface area contributed by atoms with Gasteiger partial charge in [-0.2, -0.15) is 0 Å². The molecule has 1 saturated heterocycles. The Morgan fingerprint density at radius 2 is 2.00 bits per heavy atom. The number of halogens is 1. The van der Waals surface area contributed by atoms with Crippen molar-refractivity contribution in [3.05, 3.63) is 74.0 Å². The number of nitrogens with one attached hydrogen (secondary N) is 1. The number of non-ortho nitro benzene ring substituents is 1. The Kier molecular flexibility index (Phi) is 6.04. The van der Waals surface area contributed by atoms with Crippen LogP contribution in [0.2, 0.25) is 0 Å². The number of carbonyl (C=O) groups excluding carboxylic acids is 1. The first kappa shape index (κ1) is 21.7. The SMILES string of the molecule is Cc1ccc(CNC(=O)C2CCN(Cn3c(=O)oc4ccc([N+](=O)[O-])cc43)CC2)cc1F. The predicted molar refractivity (Wildman–Crippen MR) is 114 cm³/mol. The van der Waals surface area contributed by atoms with E-state index < -0.39 is 10.7 Å². The van der Waals surface area contributed by atoms with Gasteiger partial charge in [0, 0.05) is 37.7 Å². The van der Waals surface area contributed by atoms with Crippen LogP contribution in [0, 0.1) is 28.8 Å². The van der Waals surface area contributed by atoms with Gasteiger partial charge in [-0.25, -0.2) is 9.18 Å². The fraction of sp³-hybridized carbons (Fsp3) is 0.364. The third kappa shape index (κ3) is 4.54. The summed E-state index contributed by atoms with van der Waals surface area (Å²) in [5.41, 5.74) is 1.82. The van der Waals surface area contributed by atoms with E-state index in [1.54, 1.807) is 19.1 Å². The zero-order valence-electron chi connectivity index (χ0n) is 17.5. The van der Waals surface area contributed by atoms with Crippen molar-refractivity contribution < 1.29 is 18.5 Å². The van der Waals surface area contributed by atoms with Gasteiger partial charge in [-0.05, 0) is 43.0 Å². The van der Waals surface area contributed by atoms with Crippen LogP contribution in [-0.4, -0.2) is 33.4 Å². The van der Waals surface area contributed by atoms with Crippen molar-refractivity contribution in [3.63, 3.8) is 0 Å². The lowest BCUT2D eigenvalue weighted by molar-refractivity contribution is -0.384. The Morgan fingerprint density at radius 3 is 2.69 bits per heavy atom. The lowest BCUT2D eigenvalue weighted by atomic mass is 9.96. The normalized spacial score (nSPS) is 15.2. The zero-order valence-corrected chi connectivity index (χ0v) is 17.5. The van der Waals surface area contributed by atoms with E-state index in [9.17, 15) is 24.1 Å². The van der Waals surface area contributed by atoms with Crippen molar-refractivity contribution in [3.8, 4) is 0 Å². The Morgan fingerprint density at radius 1 is 1.25 bits per heavy atom. The van der Waals surface area contributed by atoms with E-state index in [2.05, 4.69) is 5.32 Å². The van der Waals surface area contributed by atoms with Gasteiger partial charge in [0.15, 0.2) is 5.58 Å². The van der Waals surface area contributed by atoms with E-state index >= 15 is 0 Å². The Bertz CT molecular complexity index is 1230. The maximum Gasteiger partial charge on any atom is 0.421 e. The maximum atomic E-state index is 13.7. The number of nitro benzene ring substituents is 1. The predicted octanol–water partition coefficient (Wildman–Crippen LogP) is 2.94. The minimum atomic E-state index is -0.578. The van der Waals surface area contributed by atoms with Crippen LogP contribution >= 0.6 is 0 Å². The topological polar surface area (TPSA) is 111 Å². The second kappa shape index (κ2) is 8.91. The van der Waals surface area contributed by atoms with Crippen LogP contribution in [0.3, 0.4) is 0 Å². The minimum absolute atomic E-state index is 0.0767. The van der Waals surface area contributed by atoms with E-state index in [4.69, 9.17) is 4.42 Å². The lowest BCUT2D eigenvalue weighted by Gasteiger charge is -2.31. The molecule has 168 valence electrons. The molecule has 10 heteroatoms. The molecular formula is C22H23FN4O5. The van der Waals surface area contributed by atoms with E-state index in [1.807, 2.05) is 4.90 Å². The standard InChI is InChI=1S/C22H23FN4O5/c1-14-2-3-15(10-18(14)23)12-24-21(28)16-6-8-25(9-7-16)13-26-19-11-17(27(30)31)4-5-20(19)32-22(26)29/h2-5,10-11,16H,6-9,12-13H2,1H3,(H,24,28). The molecule has 0 radical (unpaired) electrons. The minimum Gasteiger partial charge on any atom is -0.408 e. The molecule has 2 heterocycles. The highest BCUT2D eigenvalue weighted by molar-refractivity contribution is 5.78. The summed E-state index contributed by atoms with van der Waals surface area (Å²) < 4.78 is 20.2. The summed E-state index contributed by atoms with van der Waals surface area (Å²) in [4.78, 5) is 37.3. The Balaban J connectivity index is 1.35. The number of hydrogen-bond donors (Lipinski definition) is 1. The van der Waals surface area contributed by atoms with Gasteiger partial charge in [-0.3, -0.25) is 24.4 Å². The van der Waals surface area contributed by atoms with Crippen molar-refractivity contribution in [2.75, 3.05) is 13.1 Å². The molecule has 0 bridgehead atoms. The van der Waals surface area contributed by atoms with Crippen LogP contribution in [0.4, 0.5) is 10.1 Å². The maximum absolute atomic E-state index is 13.7. The molecule has 1 N–H and O–H groups in total. The molecule has 1 aliphatic rings. The van der Waals surface area contributed by atoms with Gasteiger partial charge in [0.25, 0.3) is 5.69 Å². The fourth-order valence-electron chi connectivity index (χ4n) is 3.91. The van der Waals surface area contributed by atoms with E-state index in [-0.39, 0.29) is 36.5 Å². The molecule has 0 atom stereocenters. The van der Waals surface area contributed by atoms with Crippen LogP contribution in [0.1, 0.15) is 24.0 Å². The number of benzene rings is 2. The van der Waals surface area contributed by atoms with Crippen molar-refractivity contribution in [2.45, 2.75) is 33.0 Å². The molecule has 4 rings (SSSR count). The van der Waals surface area contributed by atoms with Crippen LogP contribution in [0.25, 0.3) is 11.1 Å². The van der Waals surface area contributed by atoms with Gasteiger partial charge in [-0.1, -0.05) is 12.1 Å². The fourth-order valence-corrected chi connectivity index (χ4v) is 3.91. The molecule has 0 unspecified atom stereocenters. The summed E-state index contributed by atoms with van der Waals surface area (Å²) in [6.45, 7) is 3.36. The number of rotatable bonds is 6. The van der Waals surface area contributed by atoms with Crippen LogP contribution in [-0.2, 0) is 18.0 Å². The highest BCUT2D eigenvalue weighted by Gasteiger charge is 2.26. The summed E-state index contributed by atoms with van der Waals surface area (Å²) in [5, 5.41) is 13.9. The molecule has 1 aromatic heterocycles. The zero-order chi connectivity index (χ0) is 22.8. The van der Waals surface area contributed by atoms with Gasteiger partial charge in [0.2, 0.25) is 5.91 Å². The van der Waals surface area contributed by atoms with Gasteiger partial charge in [0.05, 0.1) is 17.1 Å². The molecule has 9 nitrogen and oxygen atoms in total. The summed E-state index contributed by atoms with van der Waals surface area (Å²) >= 11 is 0. The molecule has 0 spiro atoms. The average Bonchev–Trinajstić information content (AvgIpc) is 3.09. The van der Waals surface area contributed by atoms with Crippen molar-refractivity contribution in [1.29, 1.82) is 0 Å². The Hall–Kier alpha value is -3.53. The highest BCUT2D eigenvalue weighted by Crippen LogP contribution is 2.22. The quantitative estimate of drug-likeness (QED) is 0.464. The van der Waals surface area contributed by atoms with E-state index in [0.717, 1.165) is 0 Å². The Labute approximate surface area is 182 Å². The van der Waals surface area contributed by atoms with Gasteiger partial charge in [0.1, 0.15) is 5.82 Å². The summed E-state index contributed by atoms with van der Waals surface area (Å²) in [5.74, 6) is -1.12. The van der Waals surface area contributed by atoms with Crippen LogP contribution in [0.15, 0.2) is 45.6 Å². The summed E-state index contributed by atoms with van der Waals surface area (Å²) in [6.07, 6.45) is 1.22. The summed E-state index contributed by atoms with van der Waals surface area (Å²) in [7, 11) is 0. The first-order chi connectivity index (χ1) is 15.3. The number of likely N-dealkylation sites (tertiary alicyclic amines) is 1. The smallest absolute Gasteiger partial charge is 0.408 e. The summed E-state index contributed by atoms with van der Waals surface area (Å²) in [6, 6.07) is 8.94. The van der Waals surface area contributed by atoms with Crippen molar-refractivity contribution >= 4 is 22.7 Å². The number of piperidine rings is 1. The van der Waals surface area contributed by atoms with Crippen LogP contribution < -0.4 is 11.1 Å². The first-order valence-corrected chi connectivity index (χ1v) is 10.3. The van der Waals surface area contributed by atoms with Crippen LogP contribution in [0.5, 0.6) is 0 Å². The molecule has 32 heavy (non-hydrogen) atoms. The molecule has 2 aromatic carbocycles. The highest BCUT2D eigenvalue weighted by atomic mass is 19.1. The lowest BCUT2D eigenvalue weighted by Crippen LogP contribution is -2.41. The molecule has 1 fully saturated rings. The van der Waals surface area contributed by atoms with Gasteiger partial charge >= 0.3 is 5.76 Å². The van der Waals surface area contributed by atoms with E-state index in [1.165, 1.54) is 28.8 Å². The number of oxazole rings is 1. The monoisotopic (exact) mass is 442 g/mol. The molecule has 0 saturated carbocycles. The van der Waals surface area contributed by atoms with Crippen molar-refractivity contribution in [2.24, 2.45) is 5.92 Å². The van der Waals surface area contributed by atoms with Crippen molar-refractivity contribution in [1.82, 2.24) is 14.8 Å². The largest absolute Gasteiger partial charge is 0.421 e. The molecule has 1 aliphatic heterocycles. The second-order valence-electron chi connectivity index (χ2n) is 8.04. The number of nitro groups is 1.